The van der Waals surface area contributed by atoms with Gasteiger partial charge in [0.05, 0.1) is 11.6 Å². The Morgan fingerprint density at radius 3 is 2.70 bits per heavy atom. The van der Waals surface area contributed by atoms with Crippen LogP contribution >= 0.6 is 23.6 Å². The average molecular weight is 309 g/mol. The molecule has 0 radical (unpaired) electrons. The Hall–Kier alpha value is -1.40. The van der Waals surface area contributed by atoms with E-state index in [9.17, 15) is 4.79 Å². The molecule has 1 aromatic rings. The second kappa shape index (κ2) is 6.37. The van der Waals surface area contributed by atoms with Crippen molar-refractivity contribution in [3.05, 3.63) is 33.7 Å². The van der Waals surface area contributed by atoms with Gasteiger partial charge < -0.3 is 15.5 Å². The van der Waals surface area contributed by atoms with Crippen LogP contribution in [0.25, 0.3) is 0 Å². The molecule has 0 fully saturated rings. The van der Waals surface area contributed by atoms with Gasteiger partial charge in [-0.25, -0.2) is 0 Å². The molecule has 0 saturated carbocycles. The lowest BCUT2D eigenvalue weighted by Crippen LogP contribution is -2.47. The van der Waals surface area contributed by atoms with Gasteiger partial charge in [-0.3, -0.25) is 4.79 Å². The molecule has 0 unspecified atom stereocenters. The minimum Gasteiger partial charge on any atom is -0.350 e. The highest BCUT2D eigenvalue weighted by Crippen LogP contribution is 2.30. The van der Waals surface area contributed by atoms with Crippen LogP contribution < -0.4 is 10.6 Å². The number of thiocarbonyl (C=S) groups is 1. The molecule has 2 heterocycles. The van der Waals surface area contributed by atoms with Crippen molar-refractivity contribution in [3.63, 3.8) is 0 Å². The lowest BCUT2D eigenvalue weighted by atomic mass is 10.00. The van der Waals surface area contributed by atoms with Crippen molar-refractivity contribution in [2.75, 3.05) is 13.1 Å². The van der Waals surface area contributed by atoms with Crippen LogP contribution in [0.15, 0.2) is 28.8 Å². The molecule has 4 nitrogen and oxygen atoms in total. The average Bonchev–Trinajstić information content (AvgIpc) is 2.92. The Labute approximate surface area is 128 Å². The number of rotatable bonds is 4. The summed E-state index contributed by atoms with van der Waals surface area (Å²) in [5.41, 5.74) is 1.59. The van der Waals surface area contributed by atoms with Gasteiger partial charge in [-0.15, -0.1) is 11.3 Å². The molecule has 1 aliphatic rings. The molecule has 0 spiro atoms. The number of nitrogens with zero attached hydrogens (tertiary/aromatic N) is 1. The second-order valence-corrected chi connectivity index (χ2v) is 5.95. The minimum atomic E-state index is -0.156. The first kappa shape index (κ1) is 15.0. The Bertz CT molecular complexity index is 533. The third kappa shape index (κ3) is 2.86. The minimum absolute atomic E-state index is 0.0633. The fourth-order valence-corrected chi connectivity index (χ4v) is 3.38. The number of thiophene rings is 1. The number of carbonyl (C=O) groups excluding carboxylic acids is 1. The predicted molar refractivity (Wildman–Crippen MR) is 86.6 cm³/mol. The fourth-order valence-electron chi connectivity index (χ4n) is 2.33. The predicted octanol–water partition coefficient (Wildman–Crippen LogP) is 2.41. The van der Waals surface area contributed by atoms with Crippen LogP contribution in [0, 0.1) is 0 Å². The van der Waals surface area contributed by atoms with E-state index >= 15 is 0 Å². The molecular formula is C14H19N3OS2. The van der Waals surface area contributed by atoms with Gasteiger partial charge in [0, 0.05) is 23.7 Å². The summed E-state index contributed by atoms with van der Waals surface area (Å²) < 4.78 is 0. The van der Waals surface area contributed by atoms with E-state index in [1.807, 2.05) is 43.2 Å². The van der Waals surface area contributed by atoms with E-state index in [-0.39, 0.29) is 11.9 Å². The monoisotopic (exact) mass is 309 g/mol. The highest BCUT2D eigenvalue weighted by Gasteiger charge is 2.32. The molecule has 20 heavy (non-hydrogen) atoms. The molecular weight excluding hydrogens is 290 g/mol. The third-order valence-electron chi connectivity index (χ3n) is 3.38. The second-order valence-electron chi connectivity index (χ2n) is 4.56. The maximum absolute atomic E-state index is 12.7. The number of amides is 1. The summed E-state index contributed by atoms with van der Waals surface area (Å²) in [6, 6.07) is 3.86. The number of nitrogens with one attached hydrogen (secondary N) is 2. The van der Waals surface area contributed by atoms with Crippen molar-refractivity contribution >= 4 is 34.6 Å². The summed E-state index contributed by atoms with van der Waals surface area (Å²) in [4.78, 5) is 15.7. The van der Waals surface area contributed by atoms with Crippen molar-refractivity contribution in [3.8, 4) is 0 Å². The number of hydrogen-bond acceptors (Lipinski definition) is 3. The zero-order chi connectivity index (χ0) is 14.7. The standard InChI is InChI=1S/C14H19N3OS2/c1-4-17(5-2)13(18)11-9(3)15-14(19)16-12(11)10-7-6-8-20-10/h6-8,12H,4-5H2,1-3H3,(H2,15,16,19)/t12-/m1/s1. The van der Waals surface area contributed by atoms with E-state index in [0.717, 1.165) is 16.1 Å². The molecule has 108 valence electrons. The molecule has 2 N–H and O–H groups in total. The molecule has 2 rings (SSSR count). The van der Waals surface area contributed by atoms with E-state index in [1.54, 1.807) is 11.3 Å². The van der Waals surface area contributed by atoms with Crippen molar-refractivity contribution in [1.82, 2.24) is 15.5 Å². The van der Waals surface area contributed by atoms with Gasteiger partial charge in [0.2, 0.25) is 0 Å². The summed E-state index contributed by atoms with van der Waals surface area (Å²) in [5.74, 6) is 0.0633. The van der Waals surface area contributed by atoms with E-state index in [1.165, 1.54) is 0 Å². The molecule has 1 aliphatic heterocycles. The lowest BCUT2D eigenvalue weighted by molar-refractivity contribution is -0.127. The lowest BCUT2D eigenvalue weighted by Gasteiger charge is -2.32. The highest BCUT2D eigenvalue weighted by molar-refractivity contribution is 7.80. The van der Waals surface area contributed by atoms with Crippen LogP contribution in [-0.4, -0.2) is 29.0 Å². The van der Waals surface area contributed by atoms with E-state index in [0.29, 0.717) is 18.2 Å². The largest absolute Gasteiger partial charge is 0.350 e. The first-order valence-corrected chi connectivity index (χ1v) is 7.98. The van der Waals surface area contributed by atoms with Crippen molar-refractivity contribution in [2.45, 2.75) is 26.8 Å². The van der Waals surface area contributed by atoms with Gasteiger partial charge in [0.25, 0.3) is 5.91 Å². The molecule has 1 amide bonds. The Morgan fingerprint density at radius 1 is 1.45 bits per heavy atom. The first-order valence-electron chi connectivity index (χ1n) is 6.69. The van der Waals surface area contributed by atoms with Gasteiger partial charge in [-0.05, 0) is 44.4 Å². The summed E-state index contributed by atoms with van der Waals surface area (Å²) in [5, 5.41) is 8.85. The van der Waals surface area contributed by atoms with Crippen molar-refractivity contribution in [2.24, 2.45) is 0 Å². The van der Waals surface area contributed by atoms with Gasteiger partial charge in [0.15, 0.2) is 5.11 Å². The van der Waals surface area contributed by atoms with Crippen LogP contribution in [0.3, 0.4) is 0 Å². The van der Waals surface area contributed by atoms with Crippen LogP contribution in [0.5, 0.6) is 0 Å². The molecule has 0 aromatic carbocycles. The molecule has 1 atom stereocenters. The number of allylic oxidation sites excluding steroid dienone is 1. The van der Waals surface area contributed by atoms with Crippen molar-refractivity contribution in [1.29, 1.82) is 0 Å². The van der Waals surface area contributed by atoms with Crippen LogP contribution in [-0.2, 0) is 4.79 Å². The topological polar surface area (TPSA) is 44.4 Å². The quantitative estimate of drug-likeness (QED) is 0.839. The van der Waals surface area contributed by atoms with Crippen molar-refractivity contribution < 1.29 is 4.79 Å². The summed E-state index contributed by atoms with van der Waals surface area (Å²) in [6.07, 6.45) is 0. The molecule has 0 aliphatic carbocycles. The first-order chi connectivity index (χ1) is 9.58. The Morgan fingerprint density at radius 2 is 2.15 bits per heavy atom. The maximum atomic E-state index is 12.7. The van der Waals surface area contributed by atoms with Gasteiger partial charge in [0.1, 0.15) is 0 Å². The van der Waals surface area contributed by atoms with Gasteiger partial charge in [-0.2, -0.15) is 0 Å². The van der Waals surface area contributed by atoms with Crippen LogP contribution in [0.2, 0.25) is 0 Å². The maximum Gasteiger partial charge on any atom is 0.253 e. The summed E-state index contributed by atoms with van der Waals surface area (Å²) >= 11 is 6.85. The Kier molecular flexibility index (Phi) is 4.77. The van der Waals surface area contributed by atoms with Crippen LogP contribution in [0.4, 0.5) is 0 Å². The summed E-state index contributed by atoms with van der Waals surface area (Å²) in [6.45, 7) is 7.30. The van der Waals surface area contributed by atoms with Crippen LogP contribution in [0.1, 0.15) is 31.7 Å². The normalized spacial score (nSPS) is 18.6. The number of carbonyl (C=O) groups is 1. The smallest absolute Gasteiger partial charge is 0.253 e. The molecule has 0 bridgehead atoms. The number of likely N-dealkylation sites (N-methyl/N-ethyl adjacent to an activating group) is 1. The zero-order valence-electron chi connectivity index (χ0n) is 11.9. The van der Waals surface area contributed by atoms with E-state index in [2.05, 4.69) is 10.6 Å². The van der Waals surface area contributed by atoms with Gasteiger partial charge in [-0.1, -0.05) is 6.07 Å². The Balaban J connectivity index is 2.41. The fraction of sp³-hybridized carbons (Fsp3) is 0.429. The molecule has 6 heteroatoms. The number of hydrogen-bond donors (Lipinski definition) is 2. The molecule has 1 aromatic heterocycles. The van der Waals surface area contributed by atoms with E-state index < -0.39 is 0 Å². The third-order valence-corrected chi connectivity index (χ3v) is 4.53. The zero-order valence-corrected chi connectivity index (χ0v) is 13.5. The summed E-state index contributed by atoms with van der Waals surface area (Å²) in [7, 11) is 0. The van der Waals surface area contributed by atoms with Gasteiger partial charge >= 0.3 is 0 Å². The van der Waals surface area contributed by atoms with E-state index in [4.69, 9.17) is 12.2 Å². The highest BCUT2D eigenvalue weighted by atomic mass is 32.1. The SMILES string of the molecule is CCN(CC)C(=O)C1=C(C)NC(=S)N[C@@H]1c1cccs1. The molecule has 0 saturated heterocycles.